The van der Waals surface area contributed by atoms with Crippen LogP contribution in [0.5, 0.6) is 0 Å². The molecule has 1 N–H and O–H groups in total. The van der Waals surface area contributed by atoms with Crippen molar-refractivity contribution >= 4 is 17.2 Å². The normalized spacial score (nSPS) is 11.5. The van der Waals surface area contributed by atoms with Gasteiger partial charge in [0.15, 0.2) is 0 Å². The van der Waals surface area contributed by atoms with Gasteiger partial charge in [-0.1, -0.05) is 33.8 Å². The van der Waals surface area contributed by atoms with E-state index in [1.54, 1.807) is 11.3 Å². The van der Waals surface area contributed by atoms with Crippen molar-refractivity contribution in [1.29, 1.82) is 0 Å². The molecule has 2 nitrogen and oxygen atoms in total. The molecule has 1 aromatic rings. The Morgan fingerprint density at radius 2 is 1.94 bits per heavy atom. The molecule has 0 unspecified atom stereocenters. The molecular weight excluding hydrogens is 230 g/mol. The average Bonchev–Trinajstić information content (AvgIpc) is 2.69. The van der Waals surface area contributed by atoms with Gasteiger partial charge in [-0.25, -0.2) is 0 Å². The van der Waals surface area contributed by atoms with Gasteiger partial charge in [0.1, 0.15) is 0 Å². The van der Waals surface area contributed by atoms with Gasteiger partial charge in [0.25, 0.3) is 0 Å². The standard InChI is InChI=1S/C14H23NOS/c1-10(2)13(11(3)4)9-15-14(16)8-12-6-5-7-17-12/h5-7,10-11,13H,8-9H2,1-4H3,(H,15,16). The molecule has 1 amide bonds. The number of thiophene rings is 1. The maximum Gasteiger partial charge on any atom is 0.225 e. The molecule has 3 heteroatoms. The van der Waals surface area contributed by atoms with Crippen LogP contribution in [0.25, 0.3) is 0 Å². The van der Waals surface area contributed by atoms with Crippen LogP contribution in [-0.2, 0) is 11.2 Å². The van der Waals surface area contributed by atoms with Gasteiger partial charge >= 0.3 is 0 Å². The second-order valence-electron chi connectivity index (χ2n) is 5.21. The molecule has 0 spiro atoms. The summed E-state index contributed by atoms with van der Waals surface area (Å²) >= 11 is 1.64. The van der Waals surface area contributed by atoms with E-state index in [1.807, 2.05) is 17.5 Å². The molecule has 1 heterocycles. The molecule has 0 saturated heterocycles. The van der Waals surface area contributed by atoms with Crippen LogP contribution in [0.2, 0.25) is 0 Å². The minimum Gasteiger partial charge on any atom is -0.355 e. The number of rotatable bonds is 6. The van der Waals surface area contributed by atoms with E-state index in [9.17, 15) is 4.79 Å². The smallest absolute Gasteiger partial charge is 0.225 e. The average molecular weight is 253 g/mol. The fourth-order valence-corrected chi connectivity index (χ4v) is 2.81. The summed E-state index contributed by atoms with van der Waals surface area (Å²) in [6, 6.07) is 3.99. The van der Waals surface area contributed by atoms with Gasteiger partial charge in [0.05, 0.1) is 6.42 Å². The van der Waals surface area contributed by atoms with Crippen LogP contribution >= 0.6 is 11.3 Å². The van der Waals surface area contributed by atoms with Crippen molar-refractivity contribution in [2.45, 2.75) is 34.1 Å². The van der Waals surface area contributed by atoms with Gasteiger partial charge in [-0.15, -0.1) is 11.3 Å². The first-order chi connectivity index (χ1) is 8.00. The molecule has 0 fully saturated rings. The van der Waals surface area contributed by atoms with Crippen LogP contribution in [0.3, 0.4) is 0 Å². The van der Waals surface area contributed by atoms with E-state index < -0.39 is 0 Å². The monoisotopic (exact) mass is 253 g/mol. The maximum absolute atomic E-state index is 11.8. The molecule has 1 rings (SSSR count). The topological polar surface area (TPSA) is 29.1 Å². The van der Waals surface area contributed by atoms with Crippen molar-refractivity contribution in [3.05, 3.63) is 22.4 Å². The number of carbonyl (C=O) groups is 1. The molecule has 17 heavy (non-hydrogen) atoms. The lowest BCUT2D eigenvalue weighted by atomic mass is 9.85. The summed E-state index contributed by atoms with van der Waals surface area (Å²) < 4.78 is 0. The zero-order chi connectivity index (χ0) is 12.8. The Labute approximate surface area is 108 Å². The highest BCUT2D eigenvalue weighted by Gasteiger charge is 2.18. The second kappa shape index (κ2) is 6.80. The molecule has 0 radical (unpaired) electrons. The van der Waals surface area contributed by atoms with Crippen LogP contribution in [0, 0.1) is 17.8 Å². The highest BCUT2D eigenvalue weighted by atomic mass is 32.1. The quantitative estimate of drug-likeness (QED) is 0.828. The number of nitrogens with one attached hydrogen (secondary N) is 1. The van der Waals surface area contributed by atoms with E-state index in [2.05, 4.69) is 33.0 Å². The van der Waals surface area contributed by atoms with Crippen LogP contribution in [0.15, 0.2) is 17.5 Å². The first-order valence-electron chi connectivity index (χ1n) is 6.29. The Kier molecular flexibility index (Phi) is 5.69. The predicted octanol–water partition coefficient (Wildman–Crippen LogP) is 3.34. The summed E-state index contributed by atoms with van der Waals surface area (Å²) in [6.07, 6.45) is 0.514. The zero-order valence-corrected chi connectivity index (χ0v) is 12.0. The zero-order valence-electron chi connectivity index (χ0n) is 11.2. The molecular formula is C14H23NOS. The van der Waals surface area contributed by atoms with Crippen LogP contribution in [0.1, 0.15) is 32.6 Å². The lowest BCUT2D eigenvalue weighted by molar-refractivity contribution is -0.120. The van der Waals surface area contributed by atoms with Gasteiger partial charge in [-0.2, -0.15) is 0 Å². The molecule has 0 atom stereocenters. The van der Waals surface area contributed by atoms with Crippen molar-refractivity contribution in [3.8, 4) is 0 Å². The summed E-state index contributed by atoms with van der Waals surface area (Å²) in [4.78, 5) is 12.9. The molecule has 96 valence electrons. The second-order valence-corrected chi connectivity index (χ2v) is 6.24. The van der Waals surface area contributed by atoms with Gasteiger partial charge in [0.2, 0.25) is 5.91 Å². The Bertz CT molecular complexity index is 322. The highest BCUT2D eigenvalue weighted by Crippen LogP contribution is 2.19. The minimum absolute atomic E-state index is 0.138. The van der Waals surface area contributed by atoms with Crippen molar-refractivity contribution in [2.24, 2.45) is 17.8 Å². The Morgan fingerprint density at radius 1 is 1.29 bits per heavy atom. The van der Waals surface area contributed by atoms with E-state index in [4.69, 9.17) is 0 Å². The summed E-state index contributed by atoms with van der Waals surface area (Å²) in [5.41, 5.74) is 0. The van der Waals surface area contributed by atoms with Crippen LogP contribution < -0.4 is 5.32 Å². The third-order valence-electron chi connectivity index (χ3n) is 3.16. The molecule has 0 aromatic carbocycles. The first-order valence-corrected chi connectivity index (χ1v) is 7.17. The van der Waals surface area contributed by atoms with Crippen molar-refractivity contribution in [3.63, 3.8) is 0 Å². The third kappa shape index (κ3) is 4.90. The highest BCUT2D eigenvalue weighted by molar-refractivity contribution is 7.10. The van der Waals surface area contributed by atoms with E-state index in [-0.39, 0.29) is 5.91 Å². The number of carbonyl (C=O) groups excluding carboxylic acids is 1. The lowest BCUT2D eigenvalue weighted by Crippen LogP contribution is -2.34. The fourth-order valence-electron chi connectivity index (χ4n) is 2.11. The maximum atomic E-state index is 11.8. The summed E-state index contributed by atoms with van der Waals surface area (Å²) in [6.45, 7) is 9.66. The van der Waals surface area contributed by atoms with Crippen LogP contribution in [-0.4, -0.2) is 12.5 Å². The Morgan fingerprint density at radius 3 is 2.41 bits per heavy atom. The molecule has 0 aliphatic rings. The largest absolute Gasteiger partial charge is 0.355 e. The Balaban J connectivity index is 2.36. The van der Waals surface area contributed by atoms with Gasteiger partial charge in [-0.3, -0.25) is 4.79 Å². The van der Waals surface area contributed by atoms with E-state index >= 15 is 0 Å². The van der Waals surface area contributed by atoms with Gasteiger partial charge in [0, 0.05) is 11.4 Å². The summed E-state index contributed by atoms with van der Waals surface area (Å²) in [5.74, 6) is 1.91. The lowest BCUT2D eigenvalue weighted by Gasteiger charge is -2.25. The van der Waals surface area contributed by atoms with Crippen molar-refractivity contribution in [1.82, 2.24) is 5.32 Å². The third-order valence-corrected chi connectivity index (χ3v) is 4.04. The molecule has 0 aliphatic heterocycles. The number of hydrogen-bond acceptors (Lipinski definition) is 2. The molecule has 1 aromatic heterocycles. The van der Waals surface area contributed by atoms with E-state index in [1.165, 1.54) is 0 Å². The van der Waals surface area contributed by atoms with Gasteiger partial charge in [-0.05, 0) is 29.2 Å². The first kappa shape index (κ1) is 14.2. The van der Waals surface area contributed by atoms with E-state index in [0.717, 1.165) is 11.4 Å². The molecule has 0 aliphatic carbocycles. The van der Waals surface area contributed by atoms with E-state index in [0.29, 0.717) is 24.2 Å². The number of amides is 1. The summed E-state index contributed by atoms with van der Waals surface area (Å²) in [7, 11) is 0. The van der Waals surface area contributed by atoms with Crippen LogP contribution in [0.4, 0.5) is 0 Å². The Hall–Kier alpha value is -0.830. The fraction of sp³-hybridized carbons (Fsp3) is 0.643. The SMILES string of the molecule is CC(C)C(CNC(=O)Cc1cccs1)C(C)C. The van der Waals surface area contributed by atoms with Gasteiger partial charge < -0.3 is 5.32 Å². The minimum atomic E-state index is 0.138. The number of hydrogen-bond donors (Lipinski definition) is 1. The van der Waals surface area contributed by atoms with Crippen molar-refractivity contribution < 1.29 is 4.79 Å². The molecule has 0 bridgehead atoms. The predicted molar refractivity (Wildman–Crippen MR) is 74.2 cm³/mol. The van der Waals surface area contributed by atoms with Crippen molar-refractivity contribution in [2.75, 3.05) is 6.54 Å². The summed E-state index contributed by atoms with van der Waals surface area (Å²) in [5, 5.41) is 5.06. The molecule has 0 saturated carbocycles.